The number of ketones is 1. The van der Waals surface area contributed by atoms with Crippen LogP contribution >= 0.6 is 0 Å². The first-order valence-corrected chi connectivity index (χ1v) is 9.21. The van der Waals surface area contributed by atoms with E-state index in [2.05, 4.69) is 15.4 Å². The Bertz CT molecular complexity index is 958. The number of hydrogen-bond donors (Lipinski definition) is 2. The predicted octanol–water partition coefficient (Wildman–Crippen LogP) is 3.21. The molecule has 2 N–H and O–H groups in total. The third-order valence-corrected chi connectivity index (χ3v) is 5.04. The fourth-order valence-corrected chi connectivity index (χ4v) is 3.77. The van der Waals surface area contributed by atoms with E-state index in [9.17, 15) is 9.59 Å². The Morgan fingerprint density at radius 3 is 2.81 bits per heavy atom. The van der Waals surface area contributed by atoms with Gasteiger partial charge in [-0.15, -0.1) is 0 Å². The number of H-pyrrole nitrogens is 1. The van der Waals surface area contributed by atoms with Crippen LogP contribution in [0.5, 0.6) is 0 Å². The molecule has 27 heavy (non-hydrogen) atoms. The van der Waals surface area contributed by atoms with Gasteiger partial charge < -0.3 is 10.3 Å². The number of benzene rings is 1. The summed E-state index contributed by atoms with van der Waals surface area (Å²) in [5.41, 5.74) is 3.68. The summed E-state index contributed by atoms with van der Waals surface area (Å²) in [7, 11) is 0. The molecule has 0 aliphatic heterocycles. The Labute approximate surface area is 157 Å². The summed E-state index contributed by atoms with van der Waals surface area (Å²) in [4.78, 5) is 28.8. The van der Waals surface area contributed by atoms with Crippen LogP contribution in [-0.2, 0) is 13.0 Å². The van der Waals surface area contributed by atoms with Crippen LogP contribution in [0.25, 0.3) is 0 Å². The predicted molar refractivity (Wildman–Crippen MR) is 102 cm³/mol. The number of aryl methyl sites for hydroxylation is 2. The van der Waals surface area contributed by atoms with Crippen molar-refractivity contribution in [3.8, 4) is 0 Å². The van der Waals surface area contributed by atoms with Gasteiger partial charge in [-0.25, -0.2) is 0 Å². The average molecular weight is 362 g/mol. The highest BCUT2D eigenvalue weighted by Gasteiger charge is 2.29. The molecule has 0 spiro atoms. The van der Waals surface area contributed by atoms with Gasteiger partial charge in [-0.1, -0.05) is 30.3 Å². The van der Waals surface area contributed by atoms with Crippen molar-refractivity contribution in [2.75, 3.05) is 0 Å². The molecule has 0 fully saturated rings. The fraction of sp³-hybridized carbons (Fsp3) is 0.286. The highest BCUT2D eigenvalue weighted by molar-refractivity contribution is 6.10. The van der Waals surface area contributed by atoms with Crippen LogP contribution in [0.4, 0.5) is 0 Å². The number of amides is 1. The largest absolute Gasteiger partial charge is 0.361 e. The second-order valence-corrected chi connectivity index (χ2v) is 6.92. The molecule has 4 rings (SSSR count). The van der Waals surface area contributed by atoms with Crippen molar-refractivity contribution < 1.29 is 9.59 Å². The lowest BCUT2D eigenvalue weighted by Gasteiger charge is -2.20. The van der Waals surface area contributed by atoms with Crippen molar-refractivity contribution in [2.24, 2.45) is 0 Å². The van der Waals surface area contributed by atoms with Gasteiger partial charge >= 0.3 is 0 Å². The topological polar surface area (TPSA) is 79.8 Å². The molecule has 138 valence electrons. The normalized spacial score (nSPS) is 14.6. The zero-order valence-corrected chi connectivity index (χ0v) is 15.2. The van der Waals surface area contributed by atoms with E-state index in [1.807, 2.05) is 49.5 Å². The van der Waals surface area contributed by atoms with E-state index in [0.29, 0.717) is 24.1 Å². The summed E-state index contributed by atoms with van der Waals surface area (Å²) in [6.45, 7) is 2.37. The standard InChI is InChI=1S/C21H22N4O2/c1-14-19(20-16(23-14)9-5-10-18(20)26)21(27)24-17(13-25-12-6-11-22-25)15-7-3-2-4-8-15/h2-4,6-8,11-12,17,23H,5,9-10,13H2,1H3,(H,24,27). The van der Waals surface area contributed by atoms with Crippen molar-refractivity contribution in [2.45, 2.75) is 38.8 Å². The van der Waals surface area contributed by atoms with Crippen molar-refractivity contribution in [3.05, 3.63) is 76.9 Å². The van der Waals surface area contributed by atoms with Crippen LogP contribution in [0.1, 0.15) is 56.6 Å². The third kappa shape index (κ3) is 3.43. The third-order valence-electron chi connectivity index (χ3n) is 5.04. The Hall–Kier alpha value is -3.15. The minimum absolute atomic E-state index is 0.0501. The summed E-state index contributed by atoms with van der Waals surface area (Å²) in [5, 5.41) is 7.37. The molecule has 1 amide bonds. The molecule has 1 unspecified atom stereocenters. The van der Waals surface area contributed by atoms with Crippen molar-refractivity contribution in [1.82, 2.24) is 20.1 Å². The Kier molecular flexibility index (Phi) is 4.62. The first-order chi connectivity index (χ1) is 13.1. The number of carbonyl (C=O) groups excluding carboxylic acids is 2. The average Bonchev–Trinajstić information content (AvgIpc) is 3.29. The molecular weight excluding hydrogens is 340 g/mol. The van der Waals surface area contributed by atoms with Gasteiger partial charge in [0.15, 0.2) is 5.78 Å². The van der Waals surface area contributed by atoms with E-state index in [4.69, 9.17) is 0 Å². The van der Waals surface area contributed by atoms with E-state index >= 15 is 0 Å². The molecule has 3 aromatic rings. The van der Waals surface area contributed by atoms with Gasteiger partial charge in [0.05, 0.1) is 23.7 Å². The maximum absolute atomic E-state index is 13.1. The summed E-state index contributed by atoms with van der Waals surface area (Å²) in [6.07, 6.45) is 5.73. The molecule has 0 saturated carbocycles. The smallest absolute Gasteiger partial charge is 0.254 e. The van der Waals surface area contributed by atoms with Gasteiger partial charge in [-0.2, -0.15) is 5.10 Å². The fourth-order valence-electron chi connectivity index (χ4n) is 3.77. The minimum Gasteiger partial charge on any atom is -0.361 e. The summed E-state index contributed by atoms with van der Waals surface area (Å²) < 4.78 is 1.79. The highest BCUT2D eigenvalue weighted by atomic mass is 16.2. The Morgan fingerprint density at radius 2 is 2.07 bits per heavy atom. The first kappa shape index (κ1) is 17.3. The van der Waals surface area contributed by atoms with Crippen LogP contribution in [-0.4, -0.2) is 26.5 Å². The van der Waals surface area contributed by atoms with E-state index in [-0.39, 0.29) is 17.7 Å². The molecule has 2 aromatic heterocycles. The van der Waals surface area contributed by atoms with E-state index in [1.54, 1.807) is 10.9 Å². The molecule has 6 nitrogen and oxygen atoms in total. The Morgan fingerprint density at radius 1 is 1.26 bits per heavy atom. The number of rotatable bonds is 5. The zero-order chi connectivity index (χ0) is 18.8. The van der Waals surface area contributed by atoms with E-state index in [0.717, 1.165) is 29.8 Å². The SMILES string of the molecule is Cc1[nH]c2c(c1C(=O)NC(Cn1cccn1)c1ccccc1)C(=O)CCC2. The van der Waals surface area contributed by atoms with Gasteiger partial charge in [-0.3, -0.25) is 14.3 Å². The number of nitrogens with one attached hydrogen (secondary N) is 2. The van der Waals surface area contributed by atoms with Crippen LogP contribution in [0, 0.1) is 6.92 Å². The summed E-state index contributed by atoms with van der Waals surface area (Å²) >= 11 is 0. The number of carbonyl (C=O) groups is 2. The van der Waals surface area contributed by atoms with Crippen LogP contribution < -0.4 is 5.32 Å². The highest BCUT2D eigenvalue weighted by Crippen LogP contribution is 2.27. The van der Waals surface area contributed by atoms with Crippen LogP contribution in [0.15, 0.2) is 48.8 Å². The molecule has 1 aromatic carbocycles. The lowest BCUT2D eigenvalue weighted by Crippen LogP contribution is -2.33. The molecule has 0 radical (unpaired) electrons. The number of hydrogen-bond acceptors (Lipinski definition) is 3. The van der Waals surface area contributed by atoms with Crippen molar-refractivity contribution in [3.63, 3.8) is 0 Å². The molecule has 0 bridgehead atoms. The number of Topliss-reactive ketones (excluding diaryl/α,β-unsaturated/α-hetero) is 1. The zero-order valence-electron chi connectivity index (χ0n) is 15.2. The number of fused-ring (bicyclic) bond motifs is 1. The number of nitrogens with zero attached hydrogens (tertiary/aromatic N) is 2. The van der Waals surface area contributed by atoms with Gasteiger partial charge in [0.25, 0.3) is 5.91 Å². The van der Waals surface area contributed by atoms with E-state index < -0.39 is 0 Å². The van der Waals surface area contributed by atoms with Gasteiger partial charge in [-0.05, 0) is 31.4 Å². The van der Waals surface area contributed by atoms with Crippen molar-refractivity contribution >= 4 is 11.7 Å². The van der Waals surface area contributed by atoms with Crippen molar-refractivity contribution in [1.29, 1.82) is 0 Å². The molecule has 2 heterocycles. The molecule has 0 saturated heterocycles. The van der Waals surface area contributed by atoms with Gasteiger partial charge in [0, 0.05) is 30.2 Å². The molecule has 1 aliphatic rings. The van der Waals surface area contributed by atoms with Gasteiger partial charge in [0.1, 0.15) is 0 Å². The van der Waals surface area contributed by atoms with Crippen LogP contribution in [0.3, 0.4) is 0 Å². The summed E-state index contributed by atoms with van der Waals surface area (Å²) in [5.74, 6) is -0.171. The lowest BCUT2D eigenvalue weighted by atomic mass is 9.92. The molecule has 1 aliphatic carbocycles. The second kappa shape index (κ2) is 7.23. The molecule has 6 heteroatoms. The lowest BCUT2D eigenvalue weighted by molar-refractivity contribution is 0.0912. The van der Waals surface area contributed by atoms with E-state index in [1.165, 1.54) is 0 Å². The summed E-state index contributed by atoms with van der Waals surface area (Å²) in [6, 6.07) is 11.4. The molecule has 1 atom stereocenters. The van der Waals surface area contributed by atoms with Crippen LogP contribution in [0.2, 0.25) is 0 Å². The minimum atomic E-state index is -0.248. The second-order valence-electron chi connectivity index (χ2n) is 6.92. The monoisotopic (exact) mass is 362 g/mol. The Balaban J connectivity index is 1.65. The quantitative estimate of drug-likeness (QED) is 0.731. The first-order valence-electron chi connectivity index (χ1n) is 9.21. The maximum Gasteiger partial charge on any atom is 0.254 e. The number of aromatic amines is 1. The number of aromatic nitrogens is 3. The van der Waals surface area contributed by atoms with Gasteiger partial charge in [0.2, 0.25) is 0 Å². The maximum atomic E-state index is 13.1. The molecular formula is C21H22N4O2.